The van der Waals surface area contributed by atoms with Crippen LogP contribution in [0.3, 0.4) is 0 Å². The van der Waals surface area contributed by atoms with Crippen LogP contribution in [0.4, 0.5) is 5.00 Å². The van der Waals surface area contributed by atoms with Crippen molar-refractivity contribution in [3.05, 3.63) is 51.9 Å². The number of primary amides is 1. The molecule has 0 unspecified atom stereocenters. The van der Waals surface area contributed by atoms with Gasteiger partial charge in [-0.05, 0) is 42.7 Å². The molecular formula is C21H26N2O2S. The van der Waals surface area contributed by atoms with Crippen molar-refractivity contribution in [2.45, 2.75) is 51.9 Å². The van der Waals surface area contributed by atoms with Crippen LogP contribution >= 0.6 is 11.3 Å². The van der Waals surface area contributed by atoms with E-state index >= 15 is 0 Å². The Morgan fingerprint density at radius 1 is 1.27 bits per heavy atom. The van der Waals surface area contributed by atoms with E-state index in [4.69, 9.17) is 5.73 Å². The van der Waals surface area contributed by atoms with Gasteiger partial charge in [-0.2, -0.15) is 0 Å². The number of hydrogen-bond donors (Lipinski definition) is 2. The van der Waals surface area contributed by atoms with Crippen molar-refractivity contribution in [1.82, 2.24) is 0 Å². The molecule has 1 aliphatic rings. The van der Waals surface area contributed by atoms with E-state index in [0.717, 1.165) is 36.8 Å². The number of anilines is 1. The van der Waals surface area contributed by atoms with Gasteiger partial charge >= 0.3 is 0 Å². The second kappa shape index (κ2) is 8.04. The first kappa shape index (κ1) is 18.6. The average molecular weight is 371 g/mol. The van der Waals surface area contributed by atoms with Crippen LogP contribution in [0.15, 0.2) is 30.3 Å². The fourth-order valence-corrected chi connectivity index (χ4v) is 5.18. The van der Waals surface area contributed by atoms with Crippen LogP contribution in [0.1, 0.15) is 65.4 Å². The number of nitrogens with one attached hydrogen (secondary N) is 1. The number of hydrogen-bond acceptors (Lipinski definition) is 3. The van der Waals surface area contributed by atoms with Crippen LogP contribution in [0.25, 0.3) is 0 Å². The fourth-order valence-electron chi connectivity index (χ4n) is 3.81. The lowest BCUT2D eigenvalue weighted by Crippen LogP contribution is -2.23. The maximum atomic E-state index is 12.9. The van der Waals surface area contributed by atoms with Crippen molar-refractivity contribution in [2.75, 3.05) is 5.32 Å². The summed E-state index contributed by atoms with van der Waals surface area (Å²) in [7, 11) is 0. The lowest BCUT2D eigenvalue weighted by Gasteiger charge is -2.20. The molecule has 0 radical (unpaired) electrons. The molecular weight excluding hydrogens is 344 g/mol. The summed E-state index contributed by atoms with van der Waals surface area (Å²) in [5.74, 6) is -0.107. The minimum Gasteiger partial charge on any atom is -0.365 e. The maximum Gasteiger partial charge on any atom is 0.251 e. The topological polar surface area (TPSA) is 72.2 Å². The molecule has 1 aromatic carbocycles. The minimum absolute atomic E-state index is 0.0770. The number of nitrogens with two attached hydrogens (primary N) is 1. The Hall–Kier alpha value is -2.14. The highest BCUT2D eigenvalue weighted by Gasteiger charge is 2.29. The molecule has 2 atom stereocenters. The van der Waals surface area contributed by atoms with Gasteiger partial charge in [0.25, 0.3) is 5.91 Å². The Morgan fingerprint density at radius 3 is 2.62 bits per heavy atom. The molecule has 3 rings (SSSR count). The standard InChI is InChI=1S/C21H26N2O2S/c1-3-13-10-11-16-17(12-13)26-21(18(16)19(22)24)23-20(25)15(4-2)14-8-6-5-7-9-14/h5-9,13,15H,3-4,10-12H2,1-2H3,(H2,22,24)(H,23,25)/t13-,15-/m1/s1. The van der Waals surface area contributed by atoms with Crippen LogP contribution in [-0.4, -0.2) is 11.8 Å². The third-order valence-electron chi connectivity index (χ3n) is 5.35. The molecule has 0 saturated carbocycles. The normalized spacial score (nSPS) is 17.4. The fraction of sp³-hybridized carbons (Fsp3) is 0.429. The van der Waals surface area contributed by atoms with E-state index in [9.17, 15) is 9.59 Å². The van der Waals surface area contributed by atoms with Crippen molar-refractivity contribution in [3.63, 3.8) is 0 Å². The highest BCUT2D eigenvalue weighted by atomic mass is 32.1. The second-order valence-corrected chi connectivity index (χ2v) is 8.06. The molecule has 0 aliphatic heterocycles. The summed E-state index contributed by atoms with van der Waals surface area (Å²) < 4.78 is 0. The first-order valence-corrected chi connectivity index (χ1v) is 10.2. The van der Waals surface area contributed by atoms with Gasteiger partial charge in [0, 0.05) is 4.88 Å². The SMILES string of the molecule is CC[C@@H]1CCc2c(sc(NC(=O)[C@H](CC)c3ccccc3)c2C(N)=O)C1. The van der Waals surface area contributed by atoms with Crippen LogP contribution in [0.5, 0.6) is 0 Å². The first-order chi connectivity index (χ1) is 12.5. The number of benzene rings is 1. The summed E-state index contributed by atoms with van der Waals surface area (Å²) in [6.07, 6.45) is 4.76. The molecule has 4 nitrogen and oxygen atoms in total. The Morgan fingerprint density at radius 2 is 2.00 bits per heavy atom. The molecule has 1 aromatic heterocycles. The Balaban J connectivity index is 1.88. The van der Waals surface area contributed by atoms with Crippen LogP contribution < -0.4 is 11.1 Å². The summed E-state index contributed by atoms with van der Waals surface area (Å²) in [5.41, 5.74) is 8.22. The number of carbonyl (C=O) groups excluding carboxylic acids is 2. The summed E-state index contributed by atoms with van der Waals surface area (Å²) in [6.45, 7) is 4.20. The summed E-state index contributed by atoms with van der Waals surface area (Å²) >= 11 is 1.53. The quantitative estimate of drug-likeness (QED) is 0.786. The van der Waals surface area contributed by atoms with E-state index < -0.39 is 5.91 Å². The van der Waals surface area contributed by atoms with Gasteiger partial charge in [0.15, 0.2) is 0 Å². The molecule has 138 valence electrons. The third-order valence-corrected chi connectivity index (χ3v) is 6.52. The molecule has 2 aromatic rings. The number of rotatable bonds is 6. The zero-order chi connectivity index (χ0) is 18.7. The molecule has 5 heteroatoms. The summed E-state index contributed by atoms with van der Waals surface area (Å²) in [4.78, 5) is 26.2. The van der Waals surface area contributed by atoms with Gasteiger partial charge in [-0.25, -0.2) is 0 Å². The Kier molecular flexibility index (Phi) is 5.77. The van der Waals surface area contributed by atoms with Gasteiger partial charge < -0.3 is 11.1 Å². The smallest absolute Gasteiger partial charge is 0.251 e. The minimum atomic E-state index is -0.444. The monoisotopic (exact) mass is 370 g/mol. The molecule has 1 aliphatic carbocycles. The molecule has 0 saturated heterocycles. The zero-order valence-corrected chi connectivity index (χ0v) is 16.2. The van der Waals surface area contributed by atoms with Gasteiger partial charge in [0.2, 0.25) is 5.91 Å². The number of amides is 2. The Labute approximate surface area is 158 Å². The van der Waals surface area contributed by atoms with Crippen LogP contribution in [0, 0.1) is 5.92 Å². The van der Waals surface area contributed by atoms with Gasteiger partial charge in [0.05, 0.1) is 11.5 Å². The van der Waals surface area contributed by atoms with Crippen molar-refractivity contribution < 1.29 is 9.59 Å². The molecule has 0 fully saturated rings. The van der Waals surface area contributed by atoms with Crippen molar-refractivity contribution in [3.8, 4) is 0 Å². The molecule has 2 amide bonds. The van der Waals surface area contributed by atoms with E-state index in [1.165, 1.54) is 16.2 Å². The van der Waals surface area contributed by atoms with Gasteiger partial charge in [-0.1, -0.05) is 50.6 Å². The molecule has 3 N–H and O–H groups in total. The number of fused-ring (bicyclic) bond motifs is 1. The summed E-state index contributed by atoms with van der Waals surface area (Å²) in [6, 6.07) is 9.75. The molecule has 1 heterocycles. The molecule has 26 heavy (non-hydrogen) atoms. The lowest BCUT2D eigenvalue weighted by atomic mass is 9.85. The van der Waals surface area contributed by atoms with Crippen molar-refractivity contribution >= 4 is 28.2 Å². The predicted octanol–water partition coefficient (Wildman–Crippen LogP) is 4.49. The van der Waals surface area contributed by atoms with Crippen LogP contribution in [0.2, 0.25) is 0 Å². The lowest BCUT2D eigenvalue weighted by molar-refractivity contribution is -0.117. The summed E-state index contributed by atoms with van der Waals surface area (Å²) in [5, 5.41) is 3.63. The Bertz CT molecular complexity index is 798. The van der Waals surface area contributed by atoms with E-state index in [2.05, 4.69) is 12.2 Å². The van der Waals surface area contributed by atoms with Crippen LogP contribution in [-0.2, 0) is 17.6 Å². The number of carbonyl (C=O) groups is 2. The zero-order valence-electron chi connectivity index (χ0n) is 15.4. The highest BCUT2D eigenvalue weighted by Crippen LogP contribution is 2.40. The largest absolute Gasteiger partial charge is 0.365 e. The maximum absolute atomic E-state index is 12.9. The van der Waals surface area contributed by atoms with Crippen molar-refractivity contribution in [2.24, 2.45) is 11.7 Å². The van der Waals surface area contributed by atoms with E-state index in [1.54, 1.807) is 0 Å². The van der Waals surface area contributed by atoms with Gasteiger partial charge in [-0.3, -0.25) is 9.59 Å². The predicted molar refractivity (Wildman–Crippen MR) is 107 cm³/mol. The second-order valence-electron chi connectivity index (χ2n) is 6.95. The first-order valence-electron chi connectivity index (χ1n) is 9.35. The molecule has 0 bridgehead atoms. The van der Waals surface area contributed by atoms with Gasteiger partial charge in [-0.15, -0.1) is 11.3 Å². The van der Waals surface area contributed by atoms with Gasteiger partial charge in [0.1, 0.15) is 5.00 Å². The molecule has 0 spiro atoms. The van der Waals surface area contributed by atoms with Crippen molar-refractivity contribution in [1.29, 1.82) is 0 Å². The van der Waals surface area contributed by atoms with E-state index in [-0.39, 0.29) is 11.8 Å². The van der Waals surface area contributed by atoms with E-state index in [0.29, 0.717) is 22.9 Å². The van der Waals surface area contributed by atoms with E-state index in [1.807, 2.05) is 37.3 Å². The highest BCUT2D eigenvalue weighted by molar-refractivity contribution is 7.17. The average Bonchev–Trinajstić information content (AvgIpc) is 3.00. The third kappa shape index (κ3) is 3.68. The number of thiophene rings is 1.